The van der Waals surface area contributed by atoms with Crippen LogP contribution in [0.1, 0.15) is 5.56 Å². The van der Waals surface area contributed by atoms with E-state index in [9.17, 15) is 8.78 Å². The molecule has 0 aliphatic carbocycles. The maximum absolute atomic E-state index is 13.5. The van der Waals surface area contributed by atoms with Gasteiger partial charge in [0.2, 0.25) is 0 Å². The van der Waals surface area contributed by atoms with E-state index in [1.807, 2.05) is 24.3 Å². The highest BCUT2D eigenvalue weighted by molar-refractivity contribution is 5.84. The summed E-state index contributed by atoms with van der Waals surface area (Å²) >= 11 is 0. The van der Waals surface area contributed by atoms with Crippen molar-refractivity contribution in [3.8, 4) is 0 Å². The lowest BCUT2D eigenvalue weighted by Crippen LogP contribution is -2.03. The molecule has 1 aromatic heterocycles. The number of hydrogen-bond donors (Lipinski definition) is 1. The van der Waals surface area contributed by atoms with Crippen molar-refractivity contribution in [1.29, 1.82) is 0 Å². The zero-order valence-electron chi connectivity index (χ0n) is 10.6. The average molecular weight is 270 g/mol. The Hall–Kier alpha value is -2.49. The highest BCUT2D eigenvalue weighted by Gasteiger charge is 2.05. The highest BCUT2D eigenvalue weighted by atomic mass is 19.1. The van der Waals surface area contributed by atoms with Gasteiger partial charge in [-0.1, -0.05) is 24.3 Å². The van der Waals surface area contributed by atoms with Crippen LogP contribution in [0.2, 0.25) is 0 Å². The first kappa shape index (κ1) is 12.5. The lowest BCUT2D eigenvalue weighted by molar-refractivity contribution is 0.602. The second-order valence-corrected chi connectivity index (χ2v) is 4.50. The SMILES string of the molecule is Fc1ccc(F)c(NCc2cncc3ccccc23)c1. The molecule has 2 nitrogen and oxygen atoms in total. The fraction of sp³-hybridized carbons (Fsp3) is 0.0625. The van der Waals surface area contributed by atoms with Crippen LogP contribution in [0.3, 0.4) is 0 Å². The van der Waals surface area contributed by atoms with Crippen molar-refractivity contribution in [3.05, 3.63) is 72.1 Å². The molecule has 0 spiro atoms. The van der Waals surface area contributed by atoms with E-state index in [1.165, 1.54) is 0 Å². The van der Waals surface area contributed by atoms with Gasteiger partial charge in [-0.2, -0.15) is 0 Å². The number of hydrogen-bond acceptors (Lipinski definition) is 2. The van der Waals surface area contributed by atoms with Crippen LogP contribution >= 0.6 is 0 Å². The minimum Gasteiger partial charge on any atom is -0.378 e. The second kappa shape index (κ2) is 5.25. The van der Waals surface area contributed by atoms with E-state index in [-0.39, 0.29) is 5.69 Å². The predicted molar refractivity (Wildman–Crippen MR) is 75.4 cm³/mol. The van der Waals surface area contributed by atoms with E-state index in [0.29, 0.717) is 6.54 Å². The van der Waals surface area contributed by atoms with Crippen LogP contribution in [0.5, 0.6) is 0 Å². The quantitative estimate of drug-likeness (QED) is 0.774. The summed E-state index contributed by atoms with van der Waals surface area (Å²) in [5, 5.41) is 4.98. The fourth-order valence-corrected chi connectivity index (χ4v) is 2.14. The molecule has 100 valence electrons. The van der Waals surface area contributed by atoms with E-state index >= 15 is 0 Å². The number of aromatic nitrogens is 1. The van der Waals surface area contributed by atoms with Crippen LogP contribution in [0.25, 0.3) is 10.8 Å². The Labute approximate surface area is 115 Å². The van der Waals surface area contributed by atoms with Crippen LogP contribution in [0.4, 0.5) is 14.5 Å². The molecule has 0 atom stereocenters. The van der Waals surface area contributed by atoms with E-state index < -0.39 is 11.6 Å². The van der Waals surface area contributed by atoms with Crippen molar-refractivity contribution in [2.45, 2.75) is 6.54 Å². The molecule has 0 saturated heterocycles. The number of nitrogens with one attached hydrogen (secondary N) is 1. The van der Waals surface area contributed by atoms with E-state index in [0.717, 1.165) is 34.5 Å². The summed E-state index contributed by atoms with van der Waals surface area (Å²) in [7, 11) is 0. The third-order valence-corrected chi connectivity index (χ3v) is 3.15. The van der Waals surface area contributed by atoms with Gasteiger partial charge in [0.25, 0.3) is 0 Å². The van der Waals surface area contributed by atoms with Gasteiger partial charge in [0.1, 0.15) is 11.6 Å². The molecule has 0 aliphatic rings. The molecule has 20 heavy (non-hydrogen) atoms. The van der Waals surface area contributed by atoms with E-state index in [2.05, 4.69) is 10.3 Å². The minimum absolute atomic E-state index is 0.151. The van der Waals surface area contributed by atoms with Gasteiger partial charge in [-0.05, 0) is 29.1 Å². The molecule has 1 heterocycles. The van der Waals surface area contributed by atoms with E-state index in [4.69, 9.17) is 0 Å². The Morgan fingerprint density at radius 2 is 1.85 bits per heavy atom. The van der Waals surface area contributed by atoms with Gasteiger partial charge in [-0.25, -0.2) is 8.78 Å². The number of rotatable bonds is 3. The Morgan fingerprint density at radius 1 is 1.00 bits per heavy atom. The molecule has 4 heteroatoms. The average Bonchev–Trinajstić information content (AvgIpc) is 2.48. The van der Waals surface area contributed by atoms with Crippen LogP contribution in [0, 0.1) is 11.6 Å². The lowest BCUT2D eigenvalue weighted by atomic mass is 10.1. The lowest BCUT2D eigenvalue weighted by Gasteiger charge is -2.09. The normalized spacial score (nSPS) is 10.7. The zero-order valence-corrected chi connectivity index (χ0v) is 10.6. The zero-order chi connectivity index (χ0) is 13.9. The van der Waals surface area contributed by atoms with Crippen molar-refractivity contribution in [2.75, 3.05) is 5.32 Å². The van der Waals surface area contributed by atoms with Gasteiger partial charge < -0.3 is 5.32 Å². The summed E-state index contributed by atoms with van der Waals surface area (Å²) in [4.78, 5) is 4.16. The van der Waals surface area contributed by atoms with Gasteiger partial charge in [-0.3, -0.25) is 4.98 Å². The predicted octanol–water partition coefficient (Wildman–Crippen LogP) is 4.13. The van der Waals surface area contributed by atoms with E-state index in [1.54, 1.807) is 12.4 Å². The Balaban J connectivity index is 1.89. The molecular weight excluding hydrogens is 258 g/mol. The number of anilines is 1. The molecule has 3 aromatic rings. The van der Waals surface area contributed by atoms with Crippen molar-refractivity contribution >= 4 is 16.5 Å². The summed E-state index contributed by atoms with van der Waals surface area (Å²) in [6.45, 7) is 0.384. The monoisotopic (exact) mass is 270 g/mol. The fourth-order valence-electron chi connectivity index (χ4n) is 2.14. The van der Waals surface area contributed by atoms with Gasteiger partial charge in [0.15, 0.2) is 0 Å². The summed E-state index contributed by atoms with van der Waals surface area (Å²) in [5.41, 5.74) is 1.09. The van der Waals surface area contributed by atoms with Gasteiger partial charge in [0, 0.05) is 24.3 Å². The molecule has 0 unspecified atom stereocenters. The first-order valence-electron chi connectivity index (χ1n) is 6.24. The summed E-state index contributed by atoms with van der Waals surface area (Å²) in [6, 6.07) is 11.2. The number of nitrogens with zero attached hydrogens (tertiary/aromatic N) is 1. The van der Waals surface area contributed by atoms with Gasteiger partial charge in [0.05, 0.1) is 5.69 Å². The molecule has 0 aliphatic heterocycles. The smallest absolute Gasteiger partial charge is 0.146 e. The van der Waals surface area contributed by atoms with Crippen molar-refractivity contribution in [3.63, 3.8) is 0 Å². The summed E-state index contributed by atoms with van der Waals surface area (Å²) in [6.07, 6.45) is 3.51. The molecule has 0 fully saturated rings. The Morgan fingerprint density at radius 3 is 2.75 bits per heavy atom. The first-order valence-corrected chi connectivity index (χ1v) is 6.24. The van der Waals surface area contributed by atoms with Crippen molar-refractivity contribution < 1.29 is 8.78 Å². The summed E-state index contributed by atoms with van der Waals surface area (Å²) < 4.78 is 26.6. The van der Waals surface area contributed by atoms with Crippen LogP contribution in [-0.2, 0) is 6.54 Å². The topological polar surface area (TPSA) is 24.9 Å². The molecule has 3 rings (SSSR count). The van der Waals surface area contributed by atoms with Gasteiger partial charge >= 0.3 is 0 Å². The molecule has 1 N–H and O–H groups in total. The maximum atomic E-state index is 13.5. The molecule has 0 bridgehead atoms. The first-order chi connectivity index (χ1) is 9.74. The largest absolute Gasteiger partial charge is 0.378 e. The van der Waals surface area contributed by atoms with Gasteiger partial charge in [-0.15, -0.1) is 0 Å². The number of fused-ring (bicyclic) bond motifs is 1. The molecule has 0 saturated carbocycles. The number of benzene rings is 2. The van der Waals surface area contributed by atoms with Crippen molar-refractivity contribution in [1.82, 2.24) is 4.98 Å². The van der Waals surface area contributed by atoms with Crippen LogP contribution < -0.4 is 5.32 Å². The number of pyridine rings is 1. The Bertz CT molecular complexity index is 751. The number of halogens is 2. The van der Waals surface area contributed by atoms with Crippen LogP contribution in [-0.4, -0.2) is 4.98 Å². The summed E-state index contributed by atoms with van der Waals surface area (Å²) in [5.74, 6) is -0.940. The minimum atomic E-state index is -0.473. The highest BCUT2D eigenvalue weighted by Crippen LogP contribution is 2.20. The maximum Gasteiger partial charge on any atom is 0.146 e. The molecule has 2 aromatic carbocycles. The van der Waals surface area contributed by atoms with Crippen LogP contribution in [0.15, 0.2) is 54.9 Å². The third kappa shape index (κ3) is 2.45. The molecule has 0 amide bonds. The molecule has 0 radical (unpaired) electrons. The standard InChI is InChI=1S/C16H12F2N2/c17-13-5-6-15(18)16(7-13)20-10-12-9-19-8-11-3-1-2-4-14(11)12/h1-9,20H,10H2. The second-order valence-electron chi connectivity index (χ2n) is 4.50. The van der Waals surface area contributed by atoms with Crippen molar-refractivity contribution in [2.24, 2.45) is 0 Å². The Kier molecular flexibility index (Phi) is 3.29. The molecular formula is C16H12F2N2. The third-order valence-electron chi connectivity index (χ3n) is 3.15.